The molecule has 0 aliphatic carbocycles. The summed E-state index contributed by atoms with van der Waals surface area (Å²) in [6.45, 7) is 7.99. The van der Waals surface area contributed by atoms with Gasteiger partial charge >= 0.3 is 0 Å². The van der Waals surface area contributed by atoms with Crippen LogP contribution >= 0.6 is 11.8 Å². The lowest BCUT2D eigenvalue weighted by Crippen LogP contribution is -2.26. The molecule has 2 aromatic carbocycles. The molecule has 136 valence electrons. The van der Waals surface area contributed by atoms with Crippen LogP contribution in [0.4, 0.5) is 17.1 Å². The Balaban J connectivity index is 1.72. The van der Waals surface area contributed by atoms with Crippen LogP contribution in [0, 0.1) is 0 Å². The molecule has 0 bridgehead atoms. The molecule has 0 aromatic heterocycles. The van der Waals surface area contributed by atoms with Gasteiger partial charge in [-0.2, -0.15) is 0 Å². The molecule has 1 aliphatic heterocycles. The predicted octanol–water partition coefficient (Wildman–Crippen LogP) is 4.22. The number of carbonyl (C=O) groups is 2. The van der Waals surface area contributed by atoms with E-state index in [1.165, 1.54) is 11.8 Å². The third-order valence-electron chi connectivity index (χ3n) is 4.43. The van der Waals surface area contributed by atoms with Crippen LogP contribution in [0.25, 0.3) is 0 Å². The molecule has 1 atom stereocenters. The lowest BCUT2D eigenvalue weighted by molar-refractivity contribution is -0.115. The molecule has 2 aromatic rings. The van der Waals surface area contributed by atoms with Gasteiger partial charge in [-0.15, -0.1) is 11.8 Å². The molecule has 5 nitrogen and oxygen atoms in total. The Labute approximate surface area is 158 Å². The standard InChI is InChI=1S/C20H23N3O2S/c1-4-23(5-2)16-9-7-15(8-10-16)21-20(25)14-6-11-18-17(12-14)22-19(24)13(3)26-18/h6-13H,4-5H2,1-3H3,(H,21,25)(H,22,24)/t13-/m1/s1. The average molecular weight is 369 g/mol. The third-order valence-corrected chi connectivity index (χ3v) is 5.60. The van der Waals surface area contributed by atoms with Crippen LogP contribution in [0.3, 0.4) is 0 Å². The zero-order valence-corrected chi connectivity index (χ0v) is 16.0. The third kappa shape index (κ3) is 3.85. The van der Waals surface area contributed by atoms with Crippen molar-refractivity contribution >= 4 is 40.6 Å². The summed E-state index contributed by atoms with van der Waals surface area (Å²) in [6, 6.07) is 13.2. The highest BCUT2D eigenvalue weighted by Crippen LogP contribution is 2.36. The van der Waals surface area contributed by atoms with Gasteiger partial charge in [0.05, 0.1) is 10.9 Å². The first-order chi connectivity index (χ1) is 12.5. The van der Waals surface area contributed by atoms with Crippen molar-refractivity contribution in [3.63, 3.8) is 0 Å². The Bertz CT molecular complexity index is 816. The summed E-state index contributed by atoms with van der Waals surface area (Å²) in [6.07, 6.45) is 0. The normalized spacial score (nSPS) is 15.8. The number of nitrogens with one attached hydrogen (secondary N) is 2. The number of fused-ring (bicyclic) bond motifs is 1. The molecule has 0 radical (unpaired) electrons. The summed E-state index contributed by atoms with van der Waals surface area (Å²) in [7, 11) is 0. The first-order valence-corrected chi connectivity index (χ1v) is 9.67. The molecule has 3 rings (SSSR count). The van der Waals surface area contributed by atoms with Crippen LogP contribution < -0.4 is 15.5 Å². The number of amides is 2. The SMILES string of the molecule is CCN(CC)c1ccc(NC(=O)c2ccc3c(c2)NC(=O)[C@@H](C)S3)cc1. The van der Waals surface area contributed by atoms with Gasteiger partial charge in [0, 0.05) is 34.9 Å². The number of hydrogen-bond donors (Lipinski definition) is 2. The van der Waals surface area contributed by atoms with Gasteiger partial charge < -0.3 is 15.5 Å². The summed E-state index contributed by atoms with van der Waals surface area (Å²) < 4.78 is 0. The van der Waals surface area contributed by atoms with E-state index >= 15 is 0 Å². The molecule has 0 saturated carbocycles. The largest absolute Gasteiger partial charge is 0.372 e. The first-order valence-electron chi connectivity index (χ1n) is 8.79. The molecule has 1 heterocycles. The molecule has 0 saturated heterocycles. The minimum Gasteiger partial charge on any atom is -0.372 e. The number of benzene rings is 2. The zero-order valence-electron chi connectivity index (χ0n) is 15.2. The van der Waals surface area contributed by atoms with Crippen LogP contribution in [-0.2, 0) is 4.79 Å². The predicted molar refractivity (Wildman–Crippen MR) is 108 cm³/mol. The van der Waals surface area contributed by atoms with E-state index in [9.17, 15) is 9.59 Å². The topological polar surface area (TPSA) is 61.4 Å². The van der Waals surface area contributed by atoms with Crippen LogP contribution in [0.1, 0.15) is 31.1 Å². The van der Waals surface area contributed by atoms with Crippen LogP contribution in [0.2, 0.25) is 0 Å². The highest BCUT2D eigenvalue weighted by molar-refractivity contribution is 8.00. The van der Waals surface area contributed by atoms with Crippen molar-refractivity contribution in [1.29, 1.82) is 0 Å². The van der Waals surface area contributed by atoms with Gasteiger partial charge in [-0.25, -0.2) is 0 Å². The maximum Gasteiger partial charge on any atom is 0.255 e. The maximum atomic E-state index is 12.5. The van der Waals surface area contributed by atoms with E-state index in [1.807, 2.05) is 37.3 Å². The highest BCUT2D eigenvalue weighted by Gasteiger charge is 2.23. The number of carbonyl (C=O) groups excluding carboxylic acids is 2. The average Bonchev–Trinajstić information content (AvgIpc) is 2.64. The quantitative estimate of drug-likeness (QED) is 0.828. The highest BCUT2D eigenvalue weighted by atomic mass is 32.2. The fraction of sp³-hybridized carbons (Fsp3) is 0.300. The first kappa shape index (κ1) is 18.3. The minimum atomic E-state index is -0.193. The van der Waals surface area contributed by atoms with Crippen molar-refractivity contribution in [3.05, 3.63) is 48.0 Å². The second kappa shape index (κ2) is 7.83. The molecule has 2 amide bonds. The van der Waals surface area contributed by atoms with Gasteiger partial charge in [-0.05, 0) is 63.2 Å². The summed E-state index contributed by atoms with van der Waals surface area (Å²) in [5, 5.41) is 5.65. The van der Waals surface area contributed by atoms with Gasteiger partial charge in [0.1, 0.15) is 0 Å². The fourth-order valence-corrected chi connectivity index (χ4v) is 3.83. The number of rotatable bonds is 5. The van der Waals surface area contributed by atoms with E-state index < -0.39 is 0 Å². The number of nitrogens with zero attached hydrogens (tertiary/aromatic N) is 1. The lowest BCUT2D eigenvalue weighted by atomic mass is 10.1. The monoisotopic (exact) mass is 369 g/mol. The number of anilines is 3. The van der Waals surface area contributed by atoms with E-state index in [4.69, 9.17) is 0 Å². The zero-order chi connectivity index (χ0) is 18.7. The van der Waals surface area contributed by atoms with Gasteiger partial charge in [-0.3, -0.25) is 9.59 Å². The molecule has 0 unspecified atom stereocenters. The Morgan fingerprint density at radius 3 is 2.50 bits per heavy atom. The Morgan fingerprint density at radius 2 is 1.85 bits per heavy atom. The second-order valence-corrected chi connectivity index (χ2v) is 7.52. The molecule has 0 spiro atoms. The maximum absolute atomic E-state index is 12.5. The minimum absolute atomic E-state index is 0.0351. The number of thioether (sulfide) groups is 1. The molecule has 1 aliphatic rings. The Morgan fingerprint density at radius 1 is 1.15 bits per heavy atom. The summed E-state index contributed by atoms with van der Waals surface area (Å²) in [5.74, 6) is -0.228. The fourth-order valence-electron chi connectivity index (χ4n) is 2.90. The van der Waals surface area contributed by atoms with E-state index in [0.29, 0.717) is 11.3 Å². The van der Waals surface area contributed by atoms with Crippen molar-refractivity contribution in [1.82, 2.24) is 0 Å². The van der Waals surface area contributed by atoms with Gasteiger partial charge in [0.25, 0.3) is 5.91 Å². The van der Waals surface area contributed by atoms with Gasteiger partial charge in [0.2, 0.25) is 5.91 Å². The molecular formula is C20H23N3O2S. The van der Waals surface area contributed by atoms with Gasteiger partial charge in [-0.1, -0.05) is 0 Å². The molecule has 2 N–H and O–H groups in total. The van der Waals surface area contributed by atoms with Crippen LogP contribution in [0.15, 0.2) is 47.4 Å². The van der Waals surface area contributed by atoms with Crippen LogP contribution in [-0.4, -0.2) is 30.2 Å². The van der Waals surface area contributed by atoms with Crippen molar-refractivity contribution in [2.75, 3.05) is 28.6 Å². The van der Waals surface area contributed by atoms with Crippen molar-refractivity contribution in [3.8, 4) is 0 Å². The Hall–Kier alpha value is -2.47. The smallest absolute Gasteiger partial charge is 0.255 e. The van der Waals surface area contributed by atoms with Crippen LogP contribution in [0.5, 0.6) is 0 Å². The molecule has 0 fully saturated rings. The molecule has 26 heavy (non-hydrogen) atoms. The summed E-state index contributed by atoms with van der Waals surface area (Å²) >= 11 is 1.50. The van der Waals surface area contributed by atoms with Crippen molar-refractivity contribution in [2.24, 2.45) is 0 Å². The van der Waals surface area contributed by atoms with Gasteiger partial charge in [0.15, 0.2) is 0 Å². The molecule has 6 heteroatoms. The Kier molecular flexibility index (Phi) is 5.52. The van der Waals surface area contributed by atoms with Crippen molar-refractivity contribution in [2.45, 2.75) is 30.9 Å². The molecular weight excluding hydrogens is 346 g/mol. The number of hydrogen-bond acceptors (Lipinski definition) is 4. The lowest BCUT2D eigenvalue weighted by Gasteiger charge is -2.22. The summed E-state index contributed by atoms with van der Waals surface area (Å²) in [4.78, 5) is 27.6. The second-order valence-electron chi connectivity index (χ2n) is 6.13. The van der Waals surface area contributed by atoms with E-state index in [-0.39, 0.29) is 17.1 Å². The summed E-state index contributed by atoms with van der Waals surface area (Å²) in [5.41, 5.74) is 3.10. The van der Waals surface area contributed by atoms with E-state index in [1.54, 1.807) is 12.1 Å². The van der Waals surface area contributed by atoms with E-state index in [0.717, 1.165) is 29.4 Å². The van der Waals surface area contributed by atoms with Crippen molar-refractivity contribution < 1.29 is 9.59 Å². The van der Waals surface area contributed by atoms with E-state index in [2.05, 4.69) is 29.4 Å².